The van der Waals surface area contributed by atoms with Crippen LogP contribution in [0.25, 0.3) is 11.1 Å². The molecule has 4 nitrogen and oxygen atoms in total. The van der Waals surface area contributed by atoms with Gasteiger partial charge in [-0.15, -0.1) is 0 Å². The number of methoxy groups -OCH3 is 2. The second kappa shape index (κ2) is 14.3. The molecule has 236 valence electrons. The average molecular weight is 619 g/mol. The molecule has 4 heteroatoms. The number of aryl methyl sites for hydroxylation is 1. The number of anilines is 6. The molecular formula is C43H42N2O2. The Morgan fingerprint density at radius 2 is 0.872 bits per heavy atom. The molecule has 1 atom stereocenters. The summed E-state index contributed by atoms with van der Waals surface area (Å²) in [6.45, 7) is 6.64. The second-order valence-corrected chi connectivity index (χ2v) is 11.9. The predicted octanol–water partition coefficient (Wildman–Crippen LogP) is 12.1. The number of hydrogen-bond acceptors (Lipinski definition) is 4. The molecule has 0 aliphatic heterocycles. The zero-order chi connectivity index (χ0) is 32.8. The van der Waals surface area contributed by atoms with Gasteiger partial charge < -0.3 is 19.3 Å². The van der Waals surface area contributed by atoms with Crippen LogP contribution in [0.2, 0.25) is 0 Å². The number of hydrogen-bond donors (Lipinski definition) is 0. The first-order valence-corrected chi connectivity index (χ1v) is 16.2. The van der Waals surface area contributed by atoms with E-state index in [1.165, 1.54) is 11.1 Å². The lowest BCUT2D eigenvalue weighted by Crippen LogP contribution is -2.10. The van der Waals surface area contributed by atoms with Crippen molar-refractivity contribution in [2.75, 3.05) is 24.0 Å². The van der Waals surface area contributed by atoms with Gasteiger partial charge in [0, 0.05) is 34.1 Å². The molecule has 47 heavy (non-hydrogen) atoms. The van der Waals surface area contributed by atoms with Gasteiger partial charge in [-0.05, 0) is 139 Å². The van der Waals surface area contributed by atoms with Crippen LogP contribution in [0.15, 0.2) is 146 Å². The number of rotatable bonds is 11. The zero-order valence-electron chi connectivity index (χ0n) is 27.9. The van der Waals surface area contributed by atoms with E-state index in [1.54, 1.807) is 14.2 Å². The third kappa shape index (κ3) is 7.02. The van der Waals surface area contributed by atoms with Gasteiger partial charge in [0.2, 0.25) is 0 Å². The highest BCUT2D eigenvalue weighted by Crippen LogP contribution is 2.39. The quantitative estimate of drug-likeness (QED) is 0.144. The molecule has 1 unspecified atom stereocenters. The van der Waals surface area contributed by atoms with Crippen LogP contribution >= 0.6 is 0 Å². The van der Waals surface area contributed by atoms with Gasteiger partial charge in [0.25, 0.3) is 0 Å². The molecule has 0 saturated carbocycles. The molecule has 0 saturated heterocycles. The molecule has 0 aliphatic carbocycles. The normalized spacial score (nSPS) is 11.5. The van der Waals surface area contributed by atoms with Crippen molar-refractivity contribution in [1.29, 1.82) is 0 Å². The number of nitrogens with zero attached hydrogens (tertiary/aromatic N) is 2. The summed E-state index contributed by atoms with van der Waals surface area (Å²) >= 11 is 0. The van der Waals surface area contributed by atoms with Crippen molar-refractivity contribution in [1.82, 2.24) is 0 Å². The lowest BCUT2D eigenvalue weighted by Gasteiger charge is -2.27. The van der Waals surface area contributed by atoms with E-state index in [0.717, 1.165) is 63.2 Å². The van der Waals surface area contributed by atoms with Gasteiger partial charge in [0.15, 0.2) is 0 Å². The van der Waals surface area contributed by atoms with Crippen LogP contribution < -0.4 is 19.3 Å². The summed E-state index contributed by atoms with van der Waals surface area (Å²) in [5.41, 5.74) is 11.5. The van der Waals surface area contributed by atoms with Crippen LogP contribution in [-0.4, -0.2) is 14.2 Å². The molecule has 0 radical (unpaired) electrons. The molecule has 0 aromatic heterocycles. The van der Waals surface area contributed by atoms with E-state index < -0.39 is 0 Å². The first-order valence-electron chi connectivity index (χ1n) is 16.2. The molecular weight excluding hydrogens is 576 g/mol. The minimum absolute atomic E-state index is 0.532. The Morgan fingerprint density at radius 3 is 1.26 bits per heavy atom. The molecule has 0 aliphatic rings. The molecule has 0 heterocycles. The van der Waals surface area contributed by atoms with Crippen molar-refractivity contribution < 1.29 is 9.47 Å². The molecule has 0 spiro atoms. The fourth-order valence-electron chi connectivity index (χ4n) is 5.92. The first kappa shape index (κ1) is 31.5. The van der Waals surface area contributed by atoms with Gasteiger partial charge in [-0.1, -0.05) is 62.4 Å². The maximum Gasteiger partial charge on any atom is 0.119 e. The Hall–Kier alpha value is -5.48. The minimum atomic E-state index is 0.532. The fraction of sp³-hybridized carbons (Fsp3) is 0.163. The van der Waals surface area contributed by atoms with E-state index >= 15 is 0 Å². The summed E-state index contributed by atoms with van der Waals surface area (Å²) in [5.74, 6) is 2.21. The Kier molecular flexibility index (Phi) is 9.59. The molecule has 6 aromatic rings. The largest absolute Gasteiger partial charge is 0.497 e. The Balaban J connectivity index is 1.31. The van der Waals surface area contributed by atoms with Gasteiger partial charge >= 0.3 is 0 Å². The van der Waals surface area contributed by atoms with Crippen molar-refractivity contribution in [2.45, 2.75) is 33.1 Å². The summed E-state index contributed by atoms with van der Waals surface area (Å²) < 4.78 is 10.9. The molecule has 0 N–H and O–H groups in total. The standard InChI is InChI=1S/C43H42N2O2/c1-6-32(3)33-10-16-36(17-11-33)44(39-22-26-42(46-4)27-23-39)37-18-12-34(13-19-37)35-14-20-38(21-15-35)45(41-9-7-8-31(2)30-41)40-24-28-43(47-5)29-25-40/h7-30,32H,6H2,1-5H3. The Morgan fingerprint density at radius 1 is 0.489 bits per heavy atom. The zero-order valence-corrected chi connectivity index (χ0v) is 27.9. The van der Waals surface area contributed by atoms with Crippen LogP contribution in [0.4, 0.5) is 34.1 Å². The van der Waals surface area contributed by atoms with Crippen molar-refractivity contribution >= 4 is 34.1 Å². The smallest absolute Gasteiger partial charge is 0.119 e. The SMILES string of the molecule is CCC(C)c1ccc(N(c2ccc(OC)cc2)c2ccc(-c3ccc(N(c4ccc(OC)cc4)c4cccc(C)c4)cc3)cc2)cc1. The van der Waals surface area contributed by atoms with E-state index in [1.807, 2.05) is 24.3 Å². The lowest BCUT2D eigenvalue weighted by molar-refractivity contribution is 0.414. The van der Waals surface area contributed by atoms with E-state index in [9.17, 15) is 0 Å². The van der Waals surface area contributed by atoms with E-state index in [2.05, 4.69) is 152 Å². The lowest BCUT2D eigenvalue weighted by atomic mass is 9.98. The summed E-state index contributed by atoms with van der Waals surface area (Å²) in [6, 6.07) is 51.6. The van der Waals surface area contributed by atoms with Crippen LogP contribution in [-0.2, 0) is 0 Å². The summed E-state index contributed by atoms with van der Waals surface area (Å²) in [5, 5.41) is 0. The second-order valence-electron chi connectivity index (χ2n) is 11.9. The monoisotopic (exact) mass is 618 g/mol. The maximum absolute atomic E-state index is 5.44. The van der Waals surface area contributed by atoms with Gasteiger partial charge in [0.05, 0.1) is 14.2 Å². The summed E-state index contributed by atoms with van der Waals surface area (Å²) in [6.07, 6.45) is 1.12. The Bertz CT molecular complexity index is 1880. The van der Waals surface area contributed by atoms with Crippen molar-refractivity contribution in [3.05, 3.63) is 157 Å². The average Bonchev–Trinajstić information content (AvgIpc) is 3.13. The first-order chi connectivity index (χ1) is 23.0. The van der Waals surface area contributed by atoms with Gasteiger partial charge in [-0.25, -0.2) is 0 Å². The van der Waals surface area contributed by atoms with Crippen LogP contribution in [0, 0.1) is 6.92 Å². The minimum Gasteiger partial charge on any atom is -0.497 e. The Labute approximate surface area is 279 Å². The van der Waals surface area contributed by atoms with Crippen LogP contribution in [0.3, 0.4) is 0 Å². The molecule has 0 bridgehead atoms. The van der Waals surface area contributed by atoms with E-state index in [-0.39, 0.29) is 0 Å². The van der Waals surface area contributed by atoms with Gasteiger partial charge in [-0.3, -0.25) is 0 Å². The highest BCUT2D eigenvalue weighted by atomic mass is 16.5. The number of ether oxygens (including phenoxy) is 2. The maximum atomic E-state index is 5.44. The topological polar surface area (TPSA) is 24.9 Å². The third-order valence-electron chi connectivity index (χ3n) is 8.84. The molecule has 6 rings (SSSR count). The highest BCUT2D eigenvalue weighted by molar-refractivity contribution is 5.81. The summed E-state index contributed by atoms with van der Waals surface area (Å²) in [7, 11) is 3.39. The molecule has 6 aromatic carbocycles. The summed E-state index contributed by atoms with van der Waals surface area (Å²) in [4.78, 5) is 4.57. The van der Waals surface area contributed by atoms with Crippen LogP contribution in [0.1, 0.15) is 37.3 Å². The highest BCUT2D eigenvalue weighted by Gasteiger charge is 2.16. The van der Waals surface area contributed by atoms with Crippen molar-refractivity contribution in [3.8, 4) is 22.6 Å². The predicted molar refractivity (Wildman–Crippen MR) is 198 cm³/mol. The fourth-order valence-corrected chi connectivity index (χ4v) is 5.92. The number of benzene rings is 6. The van der Waals surface area contributed by atoms with Gasteiger partial charge in [-0.2, -0.15) is 0 Å². The van der Waals surface area contributed by atoms with Gasteiger partial charge in [0.1, 0.15) is 11.5 Å². The van der Waals surface area contributed by atoms with Crippen molar-refractivity contribution in [2.24, 2.45) is 0 Å². The van der Waals surface area contributed by atoms with Crippen LogP contribution in [0.5, 0.6) is 11.5 Å². The molecule has 0 amide bonds. The van der Waals surface area contributed by atoms with E-state index in [0.29, 0.717) is 5.92 Å². The van der Waals surface area contributed by atoms with E-state index in [4.69, 9.17) is 9.47 Å². The van der Waals surface area contributed by atoms with Crippen molar-refractivity contribution in [3.63, 3.8) is 0 Å². The third-order valence-corrected chi connectivity index (χ3v) is 8.84. The molecule has 0 fully saturated rings.